The molecule has 58 heavy (non-hydrogen) atoms. The molecule has 8 unspecified atom stereocenters. The summed E-state index contributed by atoms with van der Waals surface area (Å²) in [5, 5.41) is 0. The van der Waals surface area contributed by atoms with Crippen molar-refractivity contribution in [3.8, 4) is 0 Å². The Morgan fingerprint density at radius 2 is 1.03 bits per heavy atom. The standard InChI is InChI=1S/C55H65.2ClH.Zr/c1-37-45(38-21-15-16-22-38)44(46(39-23-27-41(28-24-39)47(2,3)4)40-25-29-42(30-26-40)48(5,6)7)35-43-36-53(12)51(10)33-18-17-31-49(51,8)50(9)32-19-20-34-52(50,11)55(53,14)54(37,43)13;;;/h15-21,23-36H,22H2,1-14H3;2*1H;/q;;;+2/p-2. The summed E-state index contributed by atoms with van der Waals surface area (Å²) in [7, 11) is 0. The fourth-order valence-electron chi connectivity index (χ4n) is 13.6. The third kappa shape index (κ3) is 5.27. The van der Waals surface area contributed by atoms with Crippen LogP contribution in [-0.4, -0.2) is 0 Å². The second-order valence-electron chi connectivity index (χ2n) is 21.5. The molecule has 303 valence electrons. The number of benzene rings is 2. The maximum atomic E-state index is 2.76. The molecule has 0 aromatic heterocycles. The molecule has 0 bridgehead atoms. The van der Waals surface area contributed by atoms with Crippen LogP contribution in [0.3, 0.4) is 0 Å². The maximum absolute atomic E-state index is 2.76. The molecule has 0 nitrogen and oxygen atoms in total. The summed E-state index contributed by atoms with van der Waals surface area (Å²) in [6, 6.07) is 19.1. The van der Waals surface area contributed by atoms with Crippen molar-refractivity contribution >= 4 is 5.57 Å². The Balaban J connectivity index is 0.00000283. The molecule has 8 atom stereocenters. The van der Waals surface area contributed by atoms with Crippen LogP contribution < -0.4 is 24.8 Å². The molecule has 2 fully saturated rings. The third-order valence-electron chi connectivity index (χ3n) is 17.9. The van der Waals surface area contributed by atoms with E-state index in [0.717, 1.165) is 6.42 Å². The van der Waals surface area contributed by atoms with E-state index in [1.807, 2.05) is 0 Å². The molecule has 2 aromatic carbocycles. The van der Waals surface area contributed by atoms with E-state index >= 15 is 0 Å². The normalized spacial score (nSPS) is 37.0. The van der Waals surface area contributed by atoms with Gasteiger partial charge >= 0.3 is 358 Å². The average molecular weight is 888 g/mol. The molecular weight excluding hydrogens is 823 g/mol. The summed E-state index contributed by atoms with van der Waals surface area (Å²) >= 11 is 1.61. The van der Waals surface area contributed by atoms with E-state index in [1.165, 1.54) is 44.5 Å². The van der Waals surface area contributed by atoms with Crippen molar-refractivity contribution in [2.75, 3.05) is 0 Å². The molecule has 2 aromatic rings. The van der Waals surface area contributed by atoms with Gasteiger partial charge in [-0.3, -0.25) is 0 Å². The van der Waals surface area contributed by atoms with Crippen LogP contribution in [0.1, 0.15) is 126 Å². The predicted octanol–water partition coefficient (Wildman–Crippen LogP) is 8.89. The van der Waals surface area contributed by atoms with Crippen LogP contribution in [0.25, 0.3) is 5.57 Å². The SMILES string of the molecule is CC1=C(C2=CC=CC2)C(=C(c2ccc(C(C)(C)C)cc2)c2ccc(C(C)(C)C)cc2)C=C2[CH]([Zr+2])C3(C)C4(C)C=CC=CC4(C)C4(C)C=CC=CC4(C)C3(C)C21C.[Cl-].[Cl-]. The van der Waals surface area contributed by atoms with Crippen molar-refractivity contribution < 1.29 is 49.5 Å². The summed E-state index contributed by atoms with van der Waals surface area (Å²) in [5.41, 5.74) is 13.5. The molecule has 8 rings (SSSR count). The zero-order chi connectivity index (χ0) is 40.7. The summed E-state index contributed by atoms with van der Waals surface area (Å²) < 4.78 is 0.404. The van der Waals surface area contributed by atoms with Gasteiger partial charge in [-0.1, -0.05) is 0 Å². The molecule has 2 saturated carbocycles. The molecule has 3 heteroatoms. The molecule has 6 aliphatic rings. The van der Waals surface area contributed by atoms with E-state index in [-0.39, 0.29) is 73.5 Å². The van der Waals surface area contributed by atoms with Gasteiger partial charge in [0.1, 0.15) is 0 Å². The van der Waals surface area contributed by atoms with Crippen molar-refractivity contribution in [2.45, 2.75) is 118 Å². The van der Waals surface area contributed by atoms with Gasteiger partial charge in [0.25, 0.3) is 0 Å². The number of hydrogen-bond donors (Lipinski definition) is 0. The topological polar surface area (TPSA) is 0 Å². The molecule has 6 aliphatic carbocycles. The zero-order valence-corrected chi connectivity index (χ0v) is 41.6. The Bertz CT molecular complexity index is 2250. The second kappa shape index (κ2) is 14.0. The number of halogens is 2. The maximum Gasteiger partial charge on any atom is -1.00 e. The first-order valence-electron chi connectivity index (χ1n) is 21.2. The second-order valence-corrected chi connectivity index (χ2v) is 22.9. The Morgan fingerprint density at radius 1 is 0.603 bits per heavy atom. The smallest absolute Gasteiger partial charge is 1.00 e. The largest absolute Gasteiger partial charge is 1.00 e. The molecule has 0 saturated heterocycles. The monoisotopic (exact) mass is 885 g/mol. The van der Waals surface area contributed by atoms with Crippen LogP contribution in [0.15, 0.2) is 149 Å². The Kier molecular flexibility index (Phi) is 10.9. The Morgan fingerprint density at radius 3 is 1.47 bits per heavy atom. The van der Waals surface area contributed by atoms with Crippen molar-refractivity contribution in [3.05, 3.63) is 172 Å². The van der Waals surface area contributed by atoms with Crippen LogP contribution in [0.5, 0.6) is 0 Å². The van der Waals surface area contributed by atoms with E-state index in [4.69, 9.17) is 0 Å². The first kappa shape index (κ1) is 45.1. The summed E-state index contributed by atoms with van der Waals surface area (Å²) in [6.45, 7) is 35.1. The van der Waals surface area contributed by atoms with E-state index in [1.54, 1.807) is 35.9 Å². The van der Waals surface area contributed by atoms with Gasteiger partial charge in [0.05, 0.1) is 0 Å². The Labute approximate surface area is 379 Å². The van der Waals surface area contributed by atoms with Gasteiger partial charge in [0.15, 0.2) is 0 Å². The van der Waals surface area contributed by atoms with Gasteiger partial charge in [-0.15, -0.1) is 0 Å². The van der Waals surface area contributed by atoms with Crippen LogP contribution in [-0.2, 0) is 35.5 Å². The minimum Gasteiger partial charge on any atom is -1.00 e. The number of fused-ring (bicyclic) bond motifs is 8. The summed E-state index contributed by atoms with van der Waals surface area (Å²) in [4.78, 5) is 0. The summed E-state index contributed by atoms with van der Waals surface area (Å²) in [5.74, 6) is 0. The third-order valence-corrected chi connectivity index (χ3v) is 20.1. The minimum absolute atomic E-state index is 0. The molecule has 0 N–H and O–H groups in total. The van der Waals surface area contributed by atoms with E-state index in [2.05, 4.69) is 218 Å². The van der Waals surface area contributed by atoms with E-state index < -0.39 is 0 Å². The summed E-state index contributed by atoms with van der Waals surface area (Å²) in [6.07, 6.45) is 30.7. The van der Waals surface area contributed by atoms with Crippen LogP contribution in [0.4, 0.5) is 0 Å². The number of allylic oxidation sites excluding steroid dienone is 17. The molecule has 0 spiro atoms. The fourth-order valence-corrected chi connectivity index (χ4v) is 15.9. The molecule has 0 heterocycles. The van der Waals surface area contributed by atoms with Crippen LogP contribution >= 0.6 is 0 Å². The fraction of sp³-hybridized carbons (Fsp3) is 0.455. The van der Waals surface area contributed by atoms with Crippen LogP contribution in [0.2, 0.25) is 3.63 Å². The van der Waals surface area contributed by atoms with Crippen molar-refractivity contribution in [3.63, 3.8) is 0 Å². The molecule has 0 amide bonds. The van der Waals surface area contributed by atoms with Gasteiger partial charge in [-0.2, -0.15) is 0 Å². The predicted molar refractivity (Wildman–Crippen MR) is 236 cm³/mol. The van der Waals surface area contributed by atoms with Gasteiger partial charge in [-0.25, -0.2) is 0 Å². The van der Waals surface area contributed by atoms with Crippen molar-refractivity contribution in [2.24, 2.45) is 37.9 Å². The van der Waals surface area contributed by atoms with E-state index in [9.17, 15) is 0 Å². The number of rotatable bonds is 3. The zero-order valence-electron chi connectivity index (χ0n) is 37.6. The van der Waals surface area contributed by atoms with Crippen molar-refractivity contribution in [1.29, 1.82) is 0 Å². The van der Waals surface area contributed by atoms with Gasteiger partial charge in [0, 0.05) is 0 Å². The van der Waals surface area contributed by atoms with E-state index in [0.29, 0.717) is 3.63 Å². The number of hydrogen-bond acceptors (Lipinski definition) is 0. The molecular formula is C55H65Cl2Zr. The quantitative estimate of drug-likeness (QED) is 0.289. The first-order chi connectivity index (χ1) is 26.0. The van der Waals surface area contributed by atoms with Gasteiger partial charge in [0.2, 0.25) is 0 Å². The average Bonchev–Trinajstić information content (AvgIpc) is 3.72. The van der Waals surface area contributed by atoms with Gasteiger partial charge in [-0.05, 0) is 0 Å². The van der Waals surface area contributed by atoms with Gasteiger partial charge < -0.3 is 24.8 Å². The first-order valence-corrected chi connectivity index (χ1v) is 22.6. The van der Waals surface area contributed by atoms with Crippen molar-refractivity contribution in [1.82, 2.24) is 0 Å². The molecule has 0 radical (unpaired) electrons. The van der Waals surface area contributed by atoms with Crippen LogP contribution in [0, 0.1) is 37.9 Å². The minimum atomic E-state index is -0.194. The Hall–Kier alpha value is -2.44. The molecule has 0 aliphatic heterocycles.